The maximum Gasteiger partial charge on any atom is 0.186 e. The third-order valence-corrected chi connectivity index (χ3v) is 3.32. The Balaban J connectivity index is 2.10. The molecule has 92 valence electrons. The second kappa shape index (κ2) is 5.42. The molecule has 0 aromatic carbocycles. The van der Waals surface area contributed by atoms with E-state index in [1.165, 1.54) is 4.88 Å². The predicted octanol–water partition coefficient (Wildman–Crippen LogP) is 2.91. The SMILES string of the molecule is CCCNCc1cc(-c2nc(C)sc2C)on1. The number of thiazole rings is 1. The van der Waals surface area contributed by atoms with Crippen LogP contribution >= 0.6 is 11.3 Å². The Morgan fingerprint density at radius 3 is 2.88 bits per heavy atom. The van der Waals surface area contributed by atoms with Crippen molar-refractivity contribution in [2.45, 2.75) is 33.7 Å². The summed E-state index contributed by atoms with van der Waals surface area (Å²) < 4.78 is 5.33. The number of nitrogens with zero attached hydrogens (tertiary/aromatic N) is 2. The lowest BCUT2D eigenvalue weighted by atomic mass is 10.2. The van der Waals surface area contributed by atoms with Crippen molar-refractivity contribution in [1.29, 1.82) is 0 Å². The van der Waals surface area contributed by atoms with E-state index in [-0.39, 0.29) is 0 Å². The van der Waals surface area contributed by atoms with E-state index >= 15 is 0 Å². The van der Waals surface area contributed by atoms with Crippen LogP contribution in [0.3, 0.4) is 0 Å². The lowest BCUT2D eigenvalue weighted by molar-refractivity contribution is 0.419. The molecule has 0 aliphatic rings. The predicted molar refractivity (Wildman–Crippen MR) is 69.1 cm³/mol. The molecule has 17 heavy (non-hydrogen) atoms. The maximum absolute atomic E-state index is 5.33. The highest BCUT2D eigenvalue weighted by molar-refractivity contribution is 7.11. The topological polar surface area (TPSA) is 51.0 Å². The number of rotatable bonds is 5. The number of hydrogen-bond acceptors (Lipinski definition) is 5. The van der Waals surface area contributed by atoms with Crippen molar-refractivity contribution in [2.75, 3.05) is 6.54 Å². The summed E-state index contributed by atoms with van der Waals surface area (Å²) in [5, 5.41) is 8.39. The molecule has 0 atom stereocenters. The molecule has 0 fully saturated rings. The first kappa shape index (κ1) is 12.3. The van der Waals surface area contributed by atoms with Gasteiger partial charge in [0.25, 0.3) is 0 Å². The first-order chi connectivity index (χ1) is 8.20. The first-order valence-electron chi connectivity index (χ1n) is 5.81. The summed E-state index contributed by atoms with van der Waals surface area (Å²) in [5.74, 6) is 0.764. The molecule has 0 saturated heterocycles. The molecule has 0 bridgehead atoms. The van der Waals surface area contributed by atoms with Crippen LogP contribution in [0.25, 0.3) is 11.5 Å². The zero-order chi connectivity index (χ0) is 12.3. The van der Waals surface area contributed by atoms with Gasteiger partial charge in [0.15, 0.2) is 5.76 Å². The Labute approximate surface area is 105 Å². The normalized spacial score (nSPS) is 11.0. The molecular formula is C12H17N3OS. The maximum atomic E-state index is 5.33. The average molecular weight is 251 g/mol. The van der Waals surface area contributed by atoms with Gasteiger partial charge in [-0.1, -0.05) is 12.1 Å². The highest BCUT2D eigenvalue weighted by atomic mass is 32.1. The van der Waals surface area contributed by atoms with Crippen LogP contribution in [0.4, 0.5) is 0 Å². The van der Waals surface area contributed by atoms with Gasteiger partial charge < -0.3 is 9.84 Å². The van der Waals surface area contributed by atoms with Crippen LogP contribution in [0.2, 0.25) is 0 Å². The second-order valence-corrected chi connectivity index (χ2v) is 5.40. The standard InChI is InChI=1S/C12H17N3OS/c1-4-5-13-7-10-6-11(16-15-10)12-8(2)17-9(3)14-12/h6,13H,4-5,7H2,1-3H3. The molecule has 0 aliphatic carbocycles. The first-order valence-corrected chi connectivity index (χ1v) is 6.63. The molecule has 0 spiro atoms. The van der Waals surface area contributed by atoms with Gasteiger partial charge in [0.2, 0.25) is 0 Å². The molecule has 2 aromatic rings. The van der Waals surface area contributed by atoms with Crippen molar-refractivity contribution >= 4 is 11.3 Å². The van der Waals surface area contributed by atoms with Crippen molar-refractivity contribution in [3.05, 3.63) is 21.6 Å². The van der Waals surface area contributed by atoms with Gasteiger partial charge in [-0.25, -0.2) is 4.98 Å². The quantitative estimate of drug-likeness (QED) is 0.830. The van der Waals surface area contributed by atoms with E-state index in [1.807, 2.05) is 13.0 Å². The molecule has 2 aromatic heterocycles. The Morgan fingerprint density at radius 2 is 2.24 bits per heavy atom. The Morgan fingerprint density at radius 1 is 1.41 bits per heavy atom. The number of aryl methyl sites for hydroxylation is 2. The summed E-state index contributed by atoms with van der Waals surface area (Å²) in [6.45, 7) is 7.94. The van der Waals surface area contributed by atoms with Gasteiger partial charge in [-0.15, -0.1) is 11.3 Å². The monoisotopic (exact) mass is 251 g/mol. The van der Waals surface area contributed by atoms with Gasteiger partial charge in [0, 0.05) is 17.5 Å². The summed E-state index contributed by atoms with van der Waals surface area (Å²) in [5.41, 5.74) is 1.85. The molecule has 0 amide bonds. The van der Waals surface area contributed by atoms with Gasteiger partial charge in [-0.05, 0) is 26.8 Å². The van der Waals surface area contributed by atoms with Gasteiger partial charge in [0.05, 0.1) is 10.7 Å². The lowest BCUT2D eigenvalue weighted by Crippen LogP contribution is -2.13. The molecule has 0 radical (unpaired) electrons. The highest BCUT2D eigenvalue weighted by Gasteiger charge is 2.13. The van der Waals surface area contributed by atoms with Crippen molar-refractivity contribution in [3.63, 3.8) is 0 Å². The van der Waals surface area contributed by atoms with E-state index in [1.54, 1.807) is 11.3 Å². The minimum absolute atomic E-state index is 0.750. The summed E-state index contributed by atoms with van der Waals surface area (Å²) in [4.78, 5) is 5.63. The van der Waals surface area contributed by atoms with Crippen molar-refractivity contribution in [1.82, 2.24) is 15.5 Å². The van der Waals surface area contributed by atoms with Crippen LogP contribution in [-0.2, 0) is 6.54 Å². The third-order valence-electron chi connectivity index (χ3n) is 2.43. The minimum Gasteiger partial charge on any atom is -0.354 e. The van der Waals surface area contributed by atoms with Crippen LogP contribution in [0.1, 0.15) is 28.9 Å². The molecule has 0 unspecified atom stereocenters. The van der Waals surface area contributed by atoms with Crippen molar-refractivity contribution < 1.29 is 4.52 Å². The summed E-state index contributed by atoms with van der Waals surface area (Å²) in [6, 6.07) is 1.96. The Bertz CT molecular complexity index is 490. The zero-order valence-corrected chi connectivity index (χ0v) is 11.2. The average Bonchev–Trinajstić information content (AvgIpc) is 2.86. The number of nitrogens with one attached hydrogen (secondary N) is 1. The van der Waals surface area contributed by atoms with E-state index < -0.39 is 0 Å². The van der Waals surface area contributed by atoms with E-state index in [4.69, 9.17) is 4.52 Å². The summed E-state index contributed by atoms with van der Waals surface area (Å²) in [6.07, 6.45) is 1.12. The van der Waals surface area contributed by atoms with E-state index in [0.29, 0.717) is 0 Å². The van der Waals surface area contributed by atoms with Gasteiger partial charge in [0.1, 0.15) is 5.69 Å². The lowest BCUT2D eigenvalue weighted by Gasteiger charge is -1.96. The van der Waals surface area contributed by atoms with Gasteiger partial charge in [-0.3, -0.25) is 0 Å². The summed E-state index contributed by atoms with van der Waals surface area (Å²) in [7, 11) is 0. The molecule has 2 heterocycles. The minimum atomic E-state index is 0.750. The molecule has 0 saturated carbocycles. The zero-order valence-electron chi connectivity index (χ0n) is 10.4. The molecule has 0 aliphatic heterocycles. The third kappa shape index (κ3) is 2.92. The van der Waals surface area contributed by atoms with Crippen molar-refractivity contribution in [2.24, 2.45) is 0 Å². The largest absolute Gasteiger partial charge is 0.354 e. The van der Waals surface area contributed by atoms with E-state index in [9.17, 15) is 0 Å². The molecule has 4 nitrogen and oxygen atoms in total. The smallest absolute Gasteiger partial charge is 0.186 e. The molecular weight excluding hydrogens is 234 g/mol. The van der Waals surface area contributed by atoms with Crippen molar-refractivity contribution in [3.8, 4) is 11.5 Å². The fourth-order valence-electron chi connectivity index (χ4n) is 1.66. The van der Waals surface area contributed by atoms with Crippen LogP contribution in [0.15, 0.2) is 10.6 Å². The van der Waals surface area contributed by atoms with Gasteiger partial charge in [-0.2, -0.15) is 0 Å². The van der Waals surface area contributed by atoms with E-state index in [2.05, 4.69) is 29.3 Å². The second-order valence-electron chi connectivity index (χ2n) is 4.00. The Hall–Kier alpha value is -1.20. The number of hydrogen-bond donors (Lipinski definition) is 1. The van der Waals surface area contributed by atoms with Crippen LogP contribution < -0.4 is 5.32 Å². The van der Waals surface area contributed by atoms with Crippen LogP contribution in [-0.4, -0.2) is 16.7 Å². The molecule has 5 heteroatoms. The highest BCUT2D eigenvalue weighted by Crippen LogP contribution is 2.27. The van der Waals surface area contributed by atoms with Crippen LogP contribution in [0, 0.1) is 13.8 Å². The van der Waals surface area contributed by atoms with E-state index in [0.717, 1.165) is 41.7 Å². The summed E-state index contributed by atoms with van der Waals surface area (Å²) >= 11 is 1.68. The van der Waals surface area contributed by atoms with Gasteiger partial charge >= 0.3 is 0 Å². The molecule has 1 N–H and O–H groups in total. The fourth-order valence-corrected chi connectivity index (χ4v) is 2.48. The Kier molecular flexibility index (Phi) is 3.91. The fraction of sp³-hybridized carbons (Fsp3) is 0.500. The number of aromatic nitrogens is 2. The van der Waals surface area contributed by atoms with Crippen LogP contribution in [0.5, 0.6) is 0 Å². The molecule has 2 rings (SSSR count).